The highest BCUT2D eigenvalue weighted by Crippen LogP contribution is 2.59. The van der Waals surface area contributed by atoms with E-state index < -0.39 is 27.5 Å². The number of hydrogen-bond donors (Lipinski definition) is 2. The van der Waals surface area contributed by atoms with E-state index in [9.17, 15) is 26.4 Å². The fourth-order valence-electron chi connectivity index (χ4n) is 5.77. The van der Waals surface area contributed by atoms with Gasteiger partial charge in [-0.2, -0.15) is 13.2 Å². The smallest absolute Gasteiger partial charge is 0.394 e. The second-order valence-electron chi connectivity index (χ2n) is 12.8. The average molecular weight is 756 g/mol. The predicted octanol–water partition coefficient (Wildman–Crippen LogP) is 6.88. The third kappa shape index (κ3) is 9.96. The van der Waals surface area contributed by atoms with Gasteiger partial charge in [-0.1, -0.05) is 24.4 Å². The monoisotopic (exact) mass is 754 g/mol. The minimum atomic E-state index is -4.25. The molecule has 2 aliphatic rings. The van der Waals surface area contributed by atoms with Crippen LogP contribution in [0, 0.1) is 11.3 Å². The molecule has 3 aromatic heterocycles. The zero-order valence-electron chi connectivity index (χ0n) is 26.6. The van der Waals surface area contributed by atoms with Crippen LogP contribution in [0.3, 0.4) is 0 Å². The largest absolute Gasteiger partial charge is 0.477 e. The first-order valence-corrected chi connectivity index (χ1v) is 17.2. The van der Waals surface area contributed by atoms with Crippen LogP contribution in [0.1, 0.15) is 81.3 Å². The number of rotatable bonds is 14. The van der Waals surface area contributed by atoms with Crippen LogP contribution >= 0.6 is 36.4 Å². The lowest BCUT2D eigenvalue weighted by Crippen LogP contribution is -2.31. The molecule has 48 heavy (non-hydrogen) atoms. The number of amides is 1. The van der Waals surface area contributed by atoms with Crippen molar-refractivity contribution in [1.82, 2.24) is 29.8 Å². The maximum Gasteiger partial charge on any atom is 0.394 e. The molecule has 5 rings (SSSR count). The molecule has 17 heteroatoms. The summed E-state index contributed by atoms with van der Waals surface area (Å²) in [6.45, 7) is 5.39. The van der Waals surface area contributed by atoms with E-state index in [1.807, 2.05) is 4.72 Å². The summed E-state index contributed by atoms with van der Waals surface area (Å²) >= 11 is 6.22. The van der Waals surface area contributed by atoms with E-state index >= 15 is 0 Å². The van der Waals surface area contributed by atoms with Crippen molar-refractivity contribution in [2.24, 2.45) is 11.3 Å². The standard InChI is InChI=1S/C31H38ClF3N6O4S.2ClH/c1-29(2)18-21(19-37-29)6-4-3-5-7-22-8-9-23(20-36-22)46(43,44)40-28(42)24-10-11-25(38-27(24)32)41-16-12-26(39-41)45-17-15-30(13-14-30)31(33,34)35;;/h8-12,16,20-21,37H,3-7,13-15,17-19H2,1-2H3,(H,40,42);2*1H. The summed E-state index contributed by atoms with van der Waals surface area (Å²) in [6, 6.07) is 7.22. The Hall–Kier alpha value is -2.65. The van der Waals surface area contributed by atoms with Crippen LogP contribution in [-0.4, -0.2) is 58.9 Å². The zero-order valence-corrected chi connectivity index (χ0v) is 29.8. The van der Waals surface area contributed by atoms with Crippen LogP contribution in [0.25, 0.3) is 5.82 Å². The molecule has 1 amide bonds. The lowest BCUT2D eigenvalue weighted by atomic mass is 9.93. The first-order chi connectivity index (χ1) is 21.7. The topological polar surface area (TPSA) is 128 Å². The number of aryl methyl sites for hydroxylation is 1. The molecule has 1 aliphatic carbocycles. The molecule has 1 aliphatic heterocycles. The second kappa shape index (κ2) is 15.9. The number of ether oxygens (including phenoxy) is 1. The number of nitrogens with zero attached hydrogens (tertiary/aromatic N) is 4. The number of halogens is 6. The molecule has 0 spiro atoms. The molecular formula is C31H40Cl3F3N6O4S. The van der Waals surface area contributed by atoms with Crippen LogP contribution in [0.2, 0.25) is 5.15 Å². The Bertz CT molecular complexity index is 1650. The summed E-state index contributed by atoms with van der Waals surface area (Å²) in [5.41, 5.74) is -0.849. The highest BCUT2D eigenvalue weighted by Gasteiger charge is 2.62. The second-order valence-corrected chi connectivity index (χ2v) is 14.9. The van der Waals surface area contributed by atoms with Gasteiger partial charge in [-0.05, 0) is 95.5 Å². The van der Waals surface area contributed by atoms with Crippen molar-refractivity contribution in [3.8, 4) is 11.7 Å². The van der Waals surface area contributed by atoms with Crippen LogP contribution in [-0.2, 0) is 16.4 Å². The van der Waals surface area contributed by atoms with E-state index in [-0.39, 0.29) is 83.5 Å². The Balaban J connectivity index is 0.00000312. The van der Waals surface area contributed by atoms with Crippen molar-refractivity contribution in [2.45, 2.75) is 88.2 Å². The van der Waals surface area contributed by atoms with Crippen molar-refractivity contribution in [3.05, 3.63) is 59.1 Å². The quantitative estimate of drug-likeness (QED) is 0.135. The molecule has 1 saturated heterocycles. The molecule has 2 N–H and O–H groups in total. The minimum absolute atomic E-state index is 0. The Kier molecular flexibility index (Phi) is 13.2. The number of unbranched alkanes of at least 4 members (excludes halogenated alkanes) is 2. The predicted molar refractivity (Wildman–Crippen MR) is 180 cm³/mol. The minimum Gasteiger partial charge on any atom is -0.477 e. The van der Waals surface area contributed by atoms with Gasteiger partial charge >= 0.3 is 6.18 Å². The summed E-state index contributed by atoms with van der Waals surface area (Å²) in [5, 5.41) is 7.42. The van der Waals surface area contributed by atoms with Gasteiger partial charge in [0.2, 0.25) is 5.88 Å². The molecule has 1 unspecified atom stereocenters. The number of hydrogen-bond acceptors (Lipinski definition) is 8. The molecule has 2 fully saturated rings. The summed E-state index contributed by atoms with van der Waals surface area (Å²) in [4.78, 5) is 21.1. The highest BCUT2D eigenvalue weighted by atomic mass is 35.5. The van der Waals surface area contributed by atoms with Crippen molar-refractivity contribution >= 4 is 52.3 Å². The van der Waals surface area contributed by atoms with E-state index in [1.54, 1.807) is 6.07 Å². The van der Waals surface area contributed by atoms with E-state index in [1.165, 1.54) is 54.2 Å². The maximum atomic E-state index is 13.1. The lowest BCUT2D eigenvalue weighted by Gasteiger charge is -2.18. The highest BCUT2D eigenvalue weighted by molar-refractivity contribution is 7.90. The fourth-order valence-corrected chi connectivity index (χ4v) is 6.92. The third-order valence-corrected chi connectivity index (χ3v) is 10.3. The fraction of sp³-hybridized carbons (Fsp3) is 0.548. The molecular weight excluding hydrogens is 716 g/mol. The Morgan fingerprint density at radius 3 is 2.48 bits per heavy atom. The van der Waals surface area contributed by atoms with Gasteiger partial charge < -0.3 is 10.1 Å². The number of aromatic nitrogens is 4. The molecule has 10 nitrogen and oxygen atoms in total. The lowest BCUT2D eigenvalue weighted by molar-refractivity contribution is -0.190. The van der Waals surface area contributed by atoms with E-state index in [4.69, 9.17) is 16.3 Å². The number of sulfonamides is 1. The normalized spacial score (nSPS) is 18.0. The first kappa shape index (κ1) is 39.8. The average Bonchev–Trinajstić information content (AvgIpc) is 3.51. The van der Waals surface area contributed by atoms with Gasteiger partial charge in [-0.25, -0.2) is 22.8 Å². The van der Waals surface area contributed by atoms with Crippen molar-refractivity contribution < 1.29 is 31.1 Å². The summed E-state index contributed by atoms with van der Waals surface area (Å²) in [5.74, 6) is 0.0276. The summed E-state index contributed by atoms with van der Waals surface area (Å²) in [7, 11) is -4.23. The van der Waals surface area contributed by atoms with Crippen LogP contribution < -0.4 is 14.8 Å². The van der Waals surface area contributed by atoms with Gasteiger partial charge in [0.15, 0.2) is 5.82 Å². The third-order valence-electron chi connectivity index (χ3n) is 8.71. The van der Waals surface area contributed by atoms with Crippen LogP contribution in [0.5, 0.6) is 5.88 Å². The van der Waals surface area contributed by atoms with Crippen LogP contribution in [0.4, 0.5) is 13.2 Å². The number of nitrogens with one attached hydrogen (secondary N) is 2. The van der Waals surface area contributed by atoms with E-state index in [0.29, 0.717) is 5.92 Å². The molecule has 266 valence electrons. The molecule has 4 heterocycles. The van der Waals surface area contributed by atoms with Gasteiger partial charge in [0.1, 0.15) is 10.0 Å². The molecule has 1 atom stereocenters. The van der Waals surface area contributed by atoms with Crippen LogP contribution in [0.15, 0.2) is 47.6 Å². The van der Waals surface area contributed by atoms with Crippen molar-refractivity contribution in [3.63, 3.8) is 0 Å². The number of pyridine rings is 2. The zero-order chi connectivity index (χ0) is 33.2. The molecule has 3 aromatic rings. The Morgan fingerprint density at radius 2 is 1.88 bits per heavy atom. The number of carbonyl (C=O) groups excluding carboxylic acids is 1. The summed E-state index contributed by atoms with van der Waals surface area (Å²) < 4.78 is 73.8. The summed E-state index contributed by atoms with van der Waals surface area (Å²) in [6.07, 6.45) is 4.78. The molecule has 0 aromatic carbocycles. The van der Waals surface area contributed by atoms with Gasteiger partial charge in [-0.15, -0.1) is 29.9 Å². The van der Waals surface area contributed by atoms with Gasteiger partial charge in [-0.3, -0.25) is 9.78 Å². The van der Waals surface area contributed by atoms with Crippen molar-refractivity contribution in [1.29, 1.82) is 0 Å². The van der Waals surface area contributed by atoms with E-state index in [0.717, 1.165) is 37.9 Å². The first-order valence-electron chi connectivity index (χ1n) is 15.4. The number of alkyl halides is 3. The SMILES string of the molecule is CC1(C)CC(CCCCCc2ccc(S(=O)(=O)NC(=O)c3ccc(-n4ccc(OCCC5(C(F)(F)F)CC5)n4)nc3Cl)cn2)CN1.Cl.Cl. The molecule has 0 bridgehead atoms. The number of carbonyl (C=O) groups is 1. The molecule has 1 saturated carbocycles. The van der Waals surface area contributed by atoms with E-state index in [2.05, 4.69) is 34.2 Å². The van der Waals surface area contributed by atoms with Gasteiger partial charge in [0.25, 0.3) is 15.9 Å². The molecule has 0 radical (unpaired) electrons. The van der Waals surface area contributed by atoms with Gasteiger partial charge in [0, 0.05) is 29.7 Å². The Labute approximate surface area is 295 Å². The maximum absolute atomic E-state index is 13.1. The van der Waals surface area contributed by atoms with Crippen molar-refractivity contribution in [2.75, 3.05) is 13.2 Å². The Morgan fingerprint density at radius 1 is 1.12 bits per heavy atom. The van der Waals surface area contributed by atoms with Gasteiger partial charge in [0.05, 0.1) is 17.6 Å².